The highest BCUT2D eigenvalue weighted by atomic mass is 15.2. The first-order valence-corrected chi connectivity index (χ1v) is 8.14. The topological polar surface area (TPSA) is 15.3 Å². The van der Waals surface area contributed by atoms with Gasteiger partial charge in [0.05, 0.1) is 0 Å². The van der Waals surface area contributed by atoms with Crippen LogP contribution in [0.1, 0.15) is 44.6 Å². The van der Waals surface area contributed by atoms with Gasteiger partial charge in [0.2, 0.25) is 0 Å². The number of nitrogens with one attached hydrogen (secondary N) is 1. The van der Waals surface area contributed by atoms with Crippen LogP contribution in [0.3, 0.4) is 0 Å². The van der Waals surface area contributed by atoms with Gasteiger partial charge in [-0.15, -0.1) is 0 Å². The molecule has 0 radical (unpaired) electrons. The van der Waals surface area contributed by atoms with E-state index in [4.69, 9.17) is 0 Å². The number of hydrogen-bond donors (Lipinski definition) is 1. The van der Waals surface area contributed by atoms with E-state index in [9.17, 15) is 0 Å². The quantitative estimate of drug-likeness (QED) is 0.819. The fourth-order valence-corrected chi connectivity index (χ4v) is 3.86. The minimum Gasteiger partial charge on any atom is -0.312 e. The Kier molecular flexibility index (Phi) is 5.62. The summed E-state index contributed by atoms with van der Waals surface area (Å²) in [5.41, 5.74) is 1.83. The van der Waals surface area contributed by atoms with Crippen LogP contribution in [0.2, 0.25) is 0 Å². The predicted octanol–water partition coefficient (Wildman–Crippen LogP) is 3.47. The van der Waals surface area contributed by atoms with Gasteiger partial charge in [-0.1, -0.05) is 50.1 Å². The number of nitrogens with zero attached hydrogens (tertiary/aromatic N) is 1. The SMILES string of the molecule is CCNC(CCc1ccccc1)C1(N(C)C)CCCC1. The first-order valence-electron chi connectivity index (χ1n) is 8.14. The van der Waals surface area contributed by atoms with Crippen molar-refractivity contribution in [2.24, 2.45) is 0 Å². The summed E-state index contributed by atoms with van der Waals surface area (Å²) in [5, 5.41) is 3.78. The smallest absolute Gasteiger partial charge is 0.0356 e. The molecule has 2 rings (SSSR count). The molecule has 20 heavy (non-hydrogen) atoms. The molecule has 0 bridgehead atoms. The van der Waals surface area contributed by atoms with E-state index in [1.807, 2.05) is 0 Å². The van der Waals surface area contributed by atoms with Crippen molar-refractivity contribution in [1.29, 1.82) is 0 Å². The Morgan fingerprint density at radius 2 is 1.80 bits per heavy atom. The maximum Gasteiger partial charge on any atom is 0.0356 e. The highest BCUT2D eigenvalue weighted by Gasteiger charge is 2.42. The van der Waals surface area contributed by atoms with Crippen LogP contribution in [-0.4, -0.2) is 37.1 Å². The lowest BCUT2D eigenvalue weighted by molar-refractivity contribution is 0.101. The third-order valence-corrected chi connectivity index (χ3v) is 5.02. The van der Waals surface area contributed by atoms with Gasteiger partial charge in [0.1, 0.15) is 0 Å². The Labute approximate surface area is 124 Å². The van der Waals surface area contributed by atoms with E-state index < -0.39 is 0 Å². The summed E-state index contributed by atoms with van der Waals surface area (Å²) in [6.45, 7) is 3.29. The molecule has 2 nitrogen and oxygen atoms in total. The largest absolute Gasteiger partial charge is 0.312 e. The maximum absolute atomic E-state index is 3.78. The summed E-state index contributed by atoms with van der Waals surface area (Å²) in [4.78, 5) is 2.48. The van der Waals surface area contributed by atoms with Gasteiger partial charge in [-0.2, -0.15) is 0 Å². The van der Waals surface area contributed by atoms with E-state index in [-0.39, 0.29) is 0 Å². The summed E-state index contributed by atoms with van der Waals surface area (Å²) in [6, 6.07) is 11.5. The van der Waals surface area contributed by atoms with Crippen molar-refractivity contribution in [3.63, 3.8) is 0 Å². The van der Waals surface area contributed by atoms with Gasteiger partial charge in [0, 0.05) is 11.6 Å². The number of hydrogen-bond acceptors (Lipinski definition) is 2. The second-order valence-corrected chi connectivity index (χ2v) is 6.34. The summed E-state index contributed by atoms with van der Waals surface area (Å²) in [5.74, 6) is 0. The van der Waals surface area contributed by atoms with Crippen molar-refractivity contribution in [2.45, 2.75) is 57.0 Å². The fraction of sp³-hybridized carbons (Fsp3) is 0.667. The second-order valence-electron chi connectivity index (χ2n) is 6.34. The van der Waals surface area contributed by atoms with E-state index in [1.54, 1.807) is 0 Å². The molecule has 1 unspecified atom stereocenters. The van der Waals surface area contributed by atoms with Crippen LogP contribution in [0.25, 0.3) is 0 Å². The van der Waals surface area contributed by atoms with Gasteiger partial charge in [-0.3, -0.25) is 0 Å². The molecule has 0 amide bonds. The van der Waals surface area contributed by atoms with Crippen LogP contribution in [-0.2, 0) is 6.42 Å². The molecule has 112 valence electrons. The molecule has 1 fully saturated rings. The average molecular weight is 274 g/mol. The average Bonchev–Trinajstić information content (AvgIpc) is 2.95. The first kappa shape index (κ1) is 15.5. The highest BCUT2D eigenvalue weighted by Crippen LogP contribution is 2.38. The van der Waals surface area contributed by atoms with Crippen molar-refractivity contribution in [3.8, 4) is 0 Å². The van der Waals surface area contributed by atoms with Crippen LogP contribution < -0.4 is 5.32 Å². The summed E-state index contributed by atoms with van der Waals surface area (Å²) in [7, 11) is 4.52. The van der Waals surface area contributed by atoms with Gasteiger partial charge in [-0.25, -0.2) is 0 Å². The molecule has 0 spiro atoms. The Morgan fingerprint density at radius 1 is 1.15 bits per heavy atom. The van der Waals surface area contributed by atoms with E-state index in [2.05, 4.69) is 61.6 Å². The second kappa shape index (κ2) is 7.24. The van der Waals surface area contributed by atoms with Crippen LogP contribution >= 0.6 is 0 Å². The summed E-state index contributed by atoms with van der Waals surface area (Å²) in [6.07, 6.45) is 7.85. The molecular formula is C18H30N2. The van der Waals surface area contributed by atoms with E-state index in [0.29, 0.717) is 11.6 Å². The Balaban J connectivity index is 2.05. The monoisotopic (exact) mass is 274 g/mol. The van der Waals surface area contributed by atoms with Crippen LogP contribution in [0.4, 0.5) is 0 Å². The molecule has 1 aliphatic carbocycles. The Hall–Kier alpha value is -0.860. The van der Waals surface area contributed by atoms with Crippen molar-refractivity contribution in [3.05, 3.63) is 35.9 Å². The minimum atomic E-state index is 0.366. The number of benzene rings is 1. The van der Waals surface area contributed by atoms with E-state index in [0.717, 1.165) is 6.54 Å². The molecule has 1 aromatic rings. The lowest BCUT2D eigenvalue weighted by Crippen LogP contribution is -2.57. The van der Waals surface area contributed by atoms with Crippen LogP contribution in [0.15, 0.2) is 30.3 Å². The van der Waals surface area contributed by atoms with Gasteiger partial charge in [0.15, 0.2) is 0 Å². The fourth-order valence-electron chi connectivity index (χ4n) is 3.86. The molecule has 0 aromatic heterocycles. The predicted molar refractivity (Wildman–Crippen MR) is 87.1 cm³/mol. The van der Waals surface area contributed by atoms with Crippen molar-refractivity contribution in [1.82, 2.24) is 10.2 Å². The molecule has 1 aliphatic rings. The summed E-state index contributed by atoms with van der Waals surface area (Å²) >= 11 is 0. The molecule has 0 aliphatic heterocycles. The van der Waals surface area contributed by atoms with Gasteiger partial charge in [0.25, 0.3) is 0 Å². The zero-order chi connectivity index (χ0) is 14.4. The minimum absolute atomic E-state index is 0.366. The maximum atomic E-state index is 3.78. The zero-order valence-corrected chi connectivity index (χ0v) is 13.4. The Morgan fingerprint density at radius 3 is 2.35 bits per heavy atom. The van der Waals surface area contributed by atoms with Crippen molar-refractivity contribution < 1.29 is 0 Å². The molecular weight excluding hydrogens is 244 g/mol. The lowest BCUT2D eigenvalue weighted by atomic mass is 9.83. The standard InChI is InChI=1S/C18H30N2/c1-4-19-17(13-12-16-10-6-5-7-11-16)18(20(2)3)14-8-9-15-18/h5-7,10-11,17,19H,4,8-9,12-15H2,1-3H3. The highest BCUT2D eigenvalue weighted by molar-refractivity contribution is 5.15. The lowest BCUT2D eigenvalue weighted by Gasteiger charge is -2.44. The van der Waals surface area contributed by atoms with Crippen molar-refractivity contribution in [2.75, 3.05) is 20.6 Å². The van der Waals surface area contributed by atoms with Gasteiger partial charge in [-0.05, 0) is 51.9 Å². The molecule has 1 N–H and O–H groups in total. The molecule has 1 saturated carbocycles. The number of rotatable bonds is 7. The molecule has 2 heteroatoms. The molecule has 1 atom stereocenters. The van der Waals surface area contributed by atoms with E-state index in [1.165, 1.54) is 44.1 Å². The van der Waals surface area contributed by atoms with Crippen LogP contribution in [0.5, 0.6) is 0 Å². The normalized spacial score (nSPS) is 19.4. The number of aryl methyl sites for hydroxylation is 1. The Bertz CT molecular complexity index is 380. The van der Waals surface area contributed by atoms with Gasteiger partial charge < -0.3 is 10.2 Å². The van der Waals surface area contributed by atoms with E-state index >= 15 is 0 Å². The van der Waals surface area contributed by atoms with Crippen molar-refractivity contribution >= 4 is 0 Å². The molecule has 1 aromatic carbocycles. The molecule has 0 heterocycles. The first-order chi connectivity index (χ1) is 9.69. The number of likely N-dealkylation sites (N-methyl/N-ethyl adjacent to an activating group) is 2. The summed E-state index contributed by atoms with van der Waals surface area (Å²) < 4.78 is 0. The third-order valence-electron chi connectivity index (χ3n) is 5.02. The molecule has 0 saturated heterocycles. The third kappa shape index (κ3) is 3.42. The van der Waals surface area contributed by atoms with Gasteiger partial charge >= 0.3 is 0 Å². The van der Waals surface area contributed by atoms with Crippen LogP contribution in [0, 0.1) is 0 Å². The zero-order valence-electron chi connectivity index (χ0n) is 13.4.